The maximum absolute atomic E-state index is 12.3. The minimum absolute atomic E-state index is 0.110. The summed E-state index contributed by atoms with van der Waals surface area (Å²) in [4.78, 5) is 12.3. The Balaban J connectivity index is 1.26. The van der Waals surface area contributed by atoms with Gasteiger partial charge in [-0.05, 0) is 23.1 Å². The molecular formula is C28H23N3O2. The molecule has 0 unspecified atom stereocenters. The topological polar surface area (TPSA) is 55.6 Å². The summed E-state index contributed by atoms with van der Waals surface area (Å²) in [6.45, 7) is 0.654. The first-order chi connectivity index (χ1) is 16.3. The van der Waals surface area contributed by atoms with Crippen LogP contribution in [0.2, 0.25) is 0 Å². The van der Waals surface area contributed by atoms with E-state index in [1.54, 1.807) is 6.21 Å². The SMILES string of the molecule is O=C(COc1cccc2ccccc12)N/N=C/c1cn(Cc2ccccc2)c2ccccc12. The molecule has 0 aliphatic carbocycles. The highest BCUT2D eigenvalue weighted by atomic mass is 16.5. The van der Waals surface area contributed by atoms with Crippen molar-refractivity contribution in [1.82, 2.24) is 9.99 Å². The number of carbonyl (C=O) groups is 1. The molecule has 0 bridgehead atoms. The molecule has 0 atom stereocenters. The Labute approximate surface area is 191 Å². The van der Waals surface area contributed by atoms with E-state index in [2.05, 4.69) is 45.6 Å². The third kappa shape index (κ3) is 4.62. The molecule has 0 aliphatic heterocycles. The average molecular weight is 434 g/mol. The first-order valence-corrected chi connectivity index (χ1v) is 10.8. The molecule has 0 aliphatic rings. The molecule has 1 aromatic heterocycles. The van der Waals surface area contributed by atoms with Crippen molar-refractivity contribution in [3.8, 4) is 5.75 Å². The summed E-state index contributed by atoms with van der Waals surface area (Å²) >= 11 is 0. The Morgan fingerprint density at radius 3 is 2.45 bits per heavy atom. The smallest absolute Gasteiger partial charge is 0.277 e. The van der Waals surface area contributed by atoms with Gasteiger partial charge in [0, 0.05) is 34.6 Å². The molecule has 5 heteroatoms. The van der Waals surface area contributed by atoms with E-state index in [9.17, 15) is 4.79 Å². The third-order valence-electron chi connectivity index (χ3n) is 5.52. The largest absolute Gasteiger partial charge is 0.483 e. The predicted molar refractivity (Wildman–Crippen MR) is 133 cm³/mol. The second kappa shape index (κ2) is 9.40. The van der Waals surface area contributed by atoms with Gasteiger partial charge < -0.3 is 9.30 Å². The van der Waals surface area contributed by atoms with Crippen molar-refractivity contribution < 1.29 is 9.53 Å². The number of hydrogen-bond donors (Lipinski definition) is 1. The molecule has 1 N–H and O–H groups in total. The molecule has 0 fully saturated rings. The number of hydrogen-bond acceptors (Lipinski definition) is 3. The number of hydrazone groups is 1. The van der Waals surface area contributed by atoms with E-state index in [4.69, 9.17) is 4.74 Å². The predicted octanol–water partition coefficient (Wildman–Crippen LogP) is 5.37. The number of carbonyl (C=O) groups excluding carboxylic acids is 1. The van der Waals surface area contributed by atoms with Gasteiger partial charge in [-0.15, -0.1) is 0 Å². The number of para-hydroxylation sites is 1. The highest BCUT2D eigenvalue weighted by Crippen LogP contribution is 2.25. The number of benzene rings is 4. The van der Waals surface area contributed by atoms with Gasteiger partial charge in [-0.1, -0.05) is 84.9 Å². The van der Waals surface area contributed by atoms with Crippen LogP contribution >= 0.6 is 0 Å². The first kappa shape index (κ1) is 20.5. The van der Waals surface area contributed by atoms with E-state index in [1.165, 1.54) is 5.56 Å². The summed E-state index contributed by atoms with van der Waals surface area (Å²) in [5, 5.41) is 7.29. The second-order valence-corrected chi connectivity index (χ2v) is 7.77. The highest BCUT2D eigenvalue weighted by Gasteiger charge is 2.08. The molecule has 0 saturated carbocycles. The van der Waals surface area contributed by atoms with Crippen molar-refractivity contribution in [3.63, 3.8) is 0 Å². The van der Waals surface area contributed by atoms with Gasteiger partial charge >= 0.3 is 0 Å². The molecule has 5 nitrogen and oxygen atoms in total. The molecule has 33 heavy (non-hydrogen) atoms. The van der Waals surface area contributed by atoms with Crippen LogP contribution < -0.4 is 10.2 Å². The van der Waals surface area contributed by atoms with Crippen molar-refractivity contribution in [1.29, 1.82) is 0 Å². The lowest BCUT2D eigenvalue weighted by atomic mass is 10.1. The van der Waals surface area contributed by atoms with Crippen molar-refractivity contribution in [2.75, 3.05) is 6.61 Å². The van der Waals surface area contributed by atoms with Crippen molar-refractivity contribution in [2.45, 2.75) is 6.54 Å². The zero-order valence-electron chi connectivity index (χ0n) is 18.0. The summed E-state index contributed by atoms with van der Waals surface area (Å²) < 4.78 is 7.93. The lowest BCUT2D eigenvalue weighted by Crippen LogP contribution is -2.24. The zero-order chi connectivity index (χ0) is 22.5. The van der Waals surface area contributed by atoms with Crippen LogP contribution in [-0.2, 0) is 11.3 Å². The van der Waals surface area contributed by atoms with Gasteiger partial charge in [0.15, 0.2) is 6.61 Å². The van der Waals surface area contributed by atoms with Gasteiger partial charge in [-0.25, -0.2) is 5.43 Å². The maximum atomic E-state index is 12.3. The molecule has 0 radical (unpaired) electrons. The highest BCUT2D eigenvalue weighted by molar-refractivity contribution is 5.99. The standard InChI is InChI=1S/C28H23N3O2/c32-28(20-33-27-16-8-12-22-11-4-5-14-25(22)27)30-29-17-23-19-31(18-21-9-2-1-3-10-21)26-15-7-6-13-24(23)26/h1-17,19H,18,20H2,(H,30,32)/b29-17+. The van der Waals surface area contributed by atoms with Gasteiger partial charge in [0.05, 0.1) is 6.21 Å². The number of nitrogens with zero attached hydrogens (tertiary/aromatic N) is 2. The fraction of sp³-hybridized carbons (Fsp3) is 0.0714. The Kier molecular flexibility index (Phi) is 5.85. The van der Waals surface area contributed by atoms with E-state index in [-0.39, 0.29) is 12.5 Å². The molecule has 162 valence electrons. The van der Waals surface area contributed by atoms with E-state index in [0.717, 1.165) is 33.8 Å². The summed E-state index contributed by atoms with van der Waals surface area (Å²) in [6, 6.07) is 32.2. The minimum atomic E-state index is -0.313. The van der Waals surface area contributed by atoms with Crippen molar-refractivity contribution in [3.05, 3.63) is 114 Å². The monoisotopic (exact) mass is 433 g/mol. The van der Waals surface area contributed by atoms with Crippen LogP contribution in [0.5, 0.6) is 5.75 Å². The zero-order valence-corrected chi connectivity index (χ0v) is 18.0. The number of fused-ring (bicyclic) bond motifs is 2. The molecule has 5 rings (SSSR count). The lowest BCUT2D eigenvalue weighted by Gasteiger charge is -2.08. The van der Waals surface area contributed by atoms with Crippen LogP contribution in [0.25, 0.3) is 21.7 Å². The van der Waals surface area contributed by atoms with Crippen LogP contribution in [-0.4, -0.2) is 23.3 Å². The van der Waals surface area contributed by atoms with Gasteiger partial charge in [0.2, 0.25) is 0 Å². The Hall–Kier alpha value is -4.38. The Bertz CT molecular complexity index is 1430. The molecule has 5 aromatic rings. The van der Waals surface area contributed by atoms with E-state index < -0.39 is 0 Å². The van der Waals surface area contributed by atoms with Gasteiger partial charge in [-0.2, -0.15) is 5.10 Å². The van der Waals surface area contributed by atoms with Crippen LogP contribution in [0.1, 0.15) is 11.1 Å². The van der Waals surface area contributed by atoms with Crippen LogP contribution in [0.4, 0.5) is 0 Å². The summed E-state index contributed by atoms with van der Waals surface area (Å²) in [5.41, 5.74) is 5.85. The second-order valence-electron chi connectivity index (χ2n) is 7.77. The van der Waals surface area contributed by atoms with Crippen molar-refractivity contribution >= 4 is 33.8 Å². The summed E-state index contributed by atoms with van der Waals surface area (Å²) in [6.07, 6.45) is 3.74. The fourth-order valence-corrected chi connectivity index (χ4v) is 3.96. The van der Waals surface area contributed by atoms with E-state index in [1.807, 2.05) is 72.8 Å². The van der Waals surface area contributed by atoms with Gasteiger partial charge in [0.25, 0.3) is 5.91 Å². The average Bonchev–Trinajstić information content (AvgIpc) is 3.20. The number of nitrogens with one attached hydrogen (secondary N) is 1. The summed E-state index contributed by atoms with van der Waals surface area (Å²) in [5.74, 6) is 0.364. The Morgan fingerprint density at radius 1 is 0.848 bits per heavy atom. The number of aromatic nitrogens is 1. The maximum Gasteiger partial charge on any atom is 0.277 e. The van der Waals surface area contributed by atoms with Crippen LogP contribution in [0, 0.1) is 0 Å². The fourth-order valence-electron chi connectivity index (χ4n) is 3.96. The molecule has 0 spiro atoms. The van der Waals surface area contributed by atoms with E-state index >= 15 is 0 Å². The third-order valence-corrected chi connectivity index (χ3v) is 5.52. The Morgan fingerprint density at radius 2 is 1.58 bits per heavy atom. The van der Waals surface area contributed by atoms with E-state index in [0.29, 0.717) is 5.75 Å². The molecule has 1 heterocycles. The van der Waals surface area contributed by atoms with Crippen LogP contribution in [0.3, 0.4) is 0 Å². The van der Waals surface area contributed by atoms with Gasteiger partial charge in [0.1, 0.15) is 5.75 Å². The number of amides is 1. The number of rotatable bonds is 7. The lowest BCUT2D eigenvalue weighted by molar-refractivity contribution is -0.123. The normalized spacial score (nSPS) is 11.3. The molecular weight excluding hydrogens is 410 g/mol. The molecule has 4 aromatic carbocycles. The summed E-state index contributed by atoms with van der Waals surface area (Å²) in [7, 11) is 0. The van der Waals surface area contributed by atoms with Gasteiger partial charge in [-0.3, -0.25) is 4.79 Å². The quantitative estimate of drug-likeness (QED) is 0.277. The number of ether oxygens (including phenoxy) is 1. The first-order valence-electron chi connectivity index (χ1n) is 10.8. The van der Waals surface area contributed by atoms with Crippen LogP contribution in [0.15, 0.2) is 108 Å². The minimum Gasteiger partial charge on any atom is -0.483 e. The molecule has 1 amide bonds. The van der Waals surface area contributed by atoms with Crippen molar-refractivity contribution in [2.24, 2.45) is 5.10 Å². The molecule has 0 saturated heterocycles.